The summed E-state index contributed by atoms with van der Waals surface area (Å²) in [6.07, 6.45) is 0. The third kappa shape index (κ3) is 5.43. The van der Waals surface area contributed by atoms with E-state index in [2.05, 4.69) is 31.3 Å². The Labute approximate surface area is 207 Å². The summed E-state index contributed by atoms with van der Waals surface area (Å²) in [6.45, 7) is 8.11. The molecule has 0 aliphatic carbocycles. The summed E-state index contributed by atoms with van der Waals surface area (Å²) >= 11 is 0. The van der Waals surface area contributed by atoms with Gasteiger partial charge in [0.15, 0.2) is 11.5 Å². The van der Waals surface area contributed by atoms with Crippen molar-refractivity contribution in [2.45, 2.75) is 38.6 Å². The van der Waals surface area contributed by atoms with Gasteiger partial charge in [-0.1, -0.05) is 12.1 Å². The first-order chi connectivity index (χ1) is 16.5. The van der Waals surface area contributed by atoms with E-state index >= 15 is 0 Å². The molecule has 1 unspecified atom stereocenters. The molecule has 3 aromatic carbocycles. The van der Waals surface area contributed by atoms with Crippen LogP contribution in [0.2, 0.25) is 0 Å². The molecule has 0 saturated heterocycles. The Kier molecular flexibility index (Phi) is 7.75. The fraction of sp³-hybridized carbons (Fsp3) is 0.296. The van der Waals surface area contributed by atoms with E-state index in [1.807, 2.05) is 13.8 Å². The van der Waals surface area contributed by atoms with Gasteiger partial charge in [-0.3, -0.25) is 9.10 Å². The Hall–Kier alpha value is -3.52. The Bertz CT molecular complexity index is 1330. The van der Waals surface area contributed by atoms with Crippen LogP contribution in [0.15, 0.2) is 59.5 Å². The monoisotopic (exact) mass is 496 g/mol. The molecule has 3 rings (SSSR count). The van der Waals surface area contributed by atoms with Gasteiger partial charge >= 0.3 is 0 Å². The molecule has 186 valence electrons. The molecule has 0 heterocycles. The largest absolute Gasteiger partial charge is 0.493 e. The predicted octanol–water partition coefficient (Wildman–Crippen LogP) is 4.95. The number of amides is 1. The second kappa shape index (κ2) is 10.4. The molecule has 0 aliphatic rings. The zero-order valence-corrected chi connectivity index (χ0v) is 22.0. The van der Waals surface area contributed by atoms with Crippen molar-refractivity contribution in [3.05, 3.63) is 82.4 Å². The number of carbonyl (C=O) groups is 1. The number of hydrogen-bond acceptors (Lipinski definition) is 5. The summed E-state index contributed by atoms with van der Waals surface area (Å²) in [4.78, 5) is 12.9. The van der Waals surface area contributed by atoms with Crippen LogP contribution in [0.1, 0.15) is 45.6 Å². The lowest BCUT2D eigenvalue weighted by atomic mass is 9.96. The summed E-state index contributed by atoms with van der Waals surface area (Å²) in [6, 6.07) is 14.9. The SMILES string of the molecule is COc1ccc(S(=O)(=O)N(C)c2ccc(C(=O)NC(C)c3cc(C)c(C)cc3C)cc2)cc1OC. The van der Waals surface area contributed by atoms with Gasteiger partial charge in [-0.15, -0.1) is 0 Å². The van der Waals surface area contributed by atoms with E-state index in [0.717, 1.165) is 15.4 Å². The third-order valence-electron chi connectivity index (χ3n) is 6.20. The lowest BCUT2D eigenvalue weighted by molar-refractivity contribution is 0.0940. The van der Waals surface area contributed by atoms with Gasteiger partial charge in [0.1, 0.15) is 0 Å². The number of sulfonamides is 1. The van der Waals surface area contributed by atoms with Crippen molar-refractivity contribution in [2.24, 2.45) is 0 Å². The summed E-state index contributed by atoms with van der Waals surface area (Å²) in [7, 11) is 0.545. The van der Waals surface area contributed by atoms with E-state index in [1.54, 1.807) is 30.3 Å². The van der Waals surface area contributed by atoms with Crippen LogP contribution < -0.4 is 19.1 Å². The number of anilines is 1. The maximum Gasteiger partial charge on any atom is 0.264 e. The Morgan fingerprint density at radius 1 is 0.857 bits per heavy atom. The normalized spacial score (nSPS) is 12.1. The van der Waals surface area contributed by atoms with Gasteiger partial charge in [0.2, 0.25) is 0 Å². The van der Waals surface area contributed by atoms with E-state index < -0.39 is 10.0 Å². The minimum atomic E-state index is -3.85. The smallest absolute Gasteiger partial charge is 0.264 e. The van der Waals surface area contributed by atoms with Crippen molar-refractivity contribution in [2.75, 3.05) is 25.6 Å². The highest BCUT2D eigenvalue weighted by Gasteiger charge is 2.23. The standard InChI is InChI=1S/C27H32N2O5S/c1-17-14-19(3)24(15-18(17)2)20(4)28-27(30)21-8-10-22(11-9-21)29(5)35(31,32)23-12-13-25(33-6)26(16-23)34-7/h8-16,20H,1-7H3,(H,28,30). The van der Waals surface area contributed by atoms with E-state index in [9.17, 15) is 13.2 Å². The van der Waals surface area contributed by atoms with E-state index in [4.69, 9.17) is 9.47 Å². The highest BCUT2D eigenvalue weighted by atomic mass is 32.2. The summed E-state index contributed by atoms with van der Waals surface area (Å²) in [5.74, 6) is 0.531. The van der Waals surface area contributed by atoms with Gasteiger partial charge in [-0.2, -0.15) is 0 Å². The molecule has 0 bridgehead atoms. The Morgan fingerprint density at radius 3 is 2.06 bits per heavy atom. The molecule has 1 atom stereocenters. The van der Waals surface area contributed by atoms with Crippen LogP contribution in [0, 0.1) is 20.8 Å². The van der Waals surface area contributed by atoms with Crippen molar-refractivity contribution < 1.29 is 22.7 Å². The molecule has 0 spiro atoms. The molecule has 1 N–H and O–H groups in total. The lowest BCUT2D eigenvalue weighted by Crippen LogP contribution is -2.28. The number of hydrogen-bond donors (Lipinski definition) is 1. The molecule has 35 heavy (non-hydrogen) atoms. The fourth-order valence-corrected chi connectivity index (χ4v) is 5.12. The van der Waals surface area contributed by atoms with Crippen LogP contribution in [0.25, 0.3) is 0 Å². The number of benzene rings is 3. The lowest BCUT2D eigenvalue weighted by Gasteiger charge is -2.21. The zero-order chi connectivity index (χ0) is 25.9. The molecule has 8 heteroatoms. The minimum Gasteiger partial charge on any atom is -0.493 e. The molecule has 7 nitrogen and oxygen atoms in total. The van der Waals surface area contributed by atoms with Gasteiger partial charge in [-0.05, 0) is 86.3 Å². The van der Waals surface area contributed by atoms with Crippen molar-refractivity contribution >= 4 is 21.6 Å². The fourth-order valence-electron chi connectivity index (χ4n) is 3.90. The van der Waals surface area contributed by atoms with E-state index in [0.29, 0.717) is 22.7 Å². The predicted molar refractivity (Wildman–Crippen MR) is 138 cm³/mol. The topological polar surface area (TPSA) is 84.9 Å². The van der Waals surface area contributed by atoms with Crippen LogP contribution in [-0.4, -0.2) is 35.6 Å². The van der Waals surface area contributed by atoms with Crippen molar-refractivity contribution in [1.82, 2.24) is 5.32 Å². The number of rotatable bonds is 8. The van der Waals surface area contributed by atoms with Gasteiger partial charge in [0.25, 0.3) is 15.9 Å². The molecule has 0 aromatic heterocycles. The molecule has 0 saturated carbocycles. The van der Waals surface area contributed by atoms with Crippen molar-refractivity contribution in [3.63, 3.8) is 0 Å². The van der Waals surface area contributed by atoms with E-state index in [-0.39, 0.29) is 16.8 Å². The average molecular weight is 497 g/mol. The van der Waals surface area contributed by atoms with Crippen molar-refractivity contribution in [1.29, 1.82) is 0 Å². The number of nitrogens with zero attached hydrogens (tertiary/aromatic N) is 1. The van der Waals surface area contributed by atoms with Crippen molar-refractivity contribution in [3.8, 4) is 11.5 Å². The maximum atomic E-state index is 13.2. The van der Waals surface area contributed by atoms with Crippen LogP contribution in [0.5, 0.6) is 11.5 Å². The first-order valence-electron chi connectivity index (χ1n) is 11.2. The molecule has 1 amide bonds. The Morgan fingerprint density at radius 2 is 1.46 bits per heavy atom. The molecule has 0 fully saturated rings. The highest BCUT2D eigenvalue weighted by Crippen LogP contribution is 2.31. The van der Waals surface area contributed by atoms with Crippen LogP contribution in [0.4, 0.5) is 5.69 Å². The highest BCUT2D eigenvalue weighted by molar-refractivity contribution is 7.92. The second-order valence-corrected chi connectivity index (χ2v) is 10.5. The van der Waals surface area contributed by atoms with Gasteiger partial charge in [0, 0.05) is 18.7 Å². The molecular formula is C27H32N2O5S. The third-order valence-corrected chi connectivity index (χ3v) is 7.98. The zero-order valence-electron chi connectivity index (χ0n) is 21.2. The van der Waals surface area contributed by atoms with Gasteiger partial charge in [0.05, 0.1) is 30.8 Å². The number of carbonyl (C=O) groups excluding carboxylic acids is 1. The number of nitrogens with one attached hydrogen (secondary N) is 1. The summed E-state index contributed by atoms with van der Waals surface area (Å²) < 4.78 is 37.9. The Balaban J connectivity index is 1.78. The van der Waals surface area contributed by atoms with Crippen LogP contribution in [0.3, 0.4) is 0 Å². The average Bonchev–Trinajstić information content (AvgIpc) is 2.85. The van der Waals surface area contributed by atoms with Crippen LogP contribution in [-0.2, 0) is 10.0 Å². The first kappa shape index (κ1) is 26.1. The second-order valence-electron chi connectivity index (χ2n) is 8.52. The van der Waals surface area contributed by atoms with Crippen LogP contribution >= 0.6 is 0 Å². The molecular weight excluding hydrogens is 464 g/mol. The molecule has 0 aliphatic heterocycles. The van der Waals surface area contributed by atoms with Gasteiger partial charge < -0.3 is 14.8 Å². The number of aryl methyl sites for hydroxylation is 3. The first-order valence-corrected chi connectivity index (χ1v) is 12.6. The maximum absolute atomic E-state index is 13.2. The summed E-state index contributed by atoms with van der Waals surface area (Å²) in [5, 5.41) is 3.03. The van der Waals surface area contributed by atoms with Gasteiger partial charge in [-0.25, -0.2) is 8.42 Å². The number of methoxy groups -OCH3 is 2. The molecule has 3 aromatic rings. The molecule has 0 radical (unpaired) electrons. The quantitative estimate of drug-likeness (QED) is 0.477. The summed E-state index contributed by atoms with van der Waals surface area (Å²) in [5.41, 5.74) is 5.45. The number of ether oxygens (including phenoxy) is 2. The minimum absolute atomic E-state index is 0.0667. The van der Waals surface area contributed by atoms with E-state index in [1.165, 1.54) is 44.5 Å².